The van der Waals surface area contributed by atoms with Crippen molar-refractivity contribution in [1.29, 1.82) is 0 Å². The minimum absolute atomic E-state index is 0.00667. The van der Waals surface area contributed by atoms with Gasteiger partial charge in [-0.05, 0) is 62.1 Å². The van der Waals surface area contributed by atoms with E-state index in [1.165, 1.54) is 11.3 Å². The van der Waals surface area contributed by atoms with E-state index in [-0.39, 0.29) is 17.9 Å². The Labute approximate surface area is 183 Å². The lowest BCUT2D eigenvalue weighted by Gasteiger charge is -2.26. The van der Waals surface area contributed by atoms with Gasteiger partial charge in [-0.25, -0.2) is 0 Å². The van der Waals surface area contributed by atoms with Crippen LogP contribution >= 0.6 is 11.3 Å². The lowest BCUT2D eigenvalue weighted by atomic mass is 9.87. The Morgan fingerprint density at radius 2 is 1.61 bits per heavy atom. The number of amides is 1. The van der Waals surface area contributed by atoms with Gasteiger partial charge >= 0.3 is 5.97 Å². The first kappa shape index (κ1) is 20.8. The summed E-state index contributed by atoms with van der Waals surface area (Å²) in [6, 6.07) is 16.5. The number of aliphatic carboxylic acids is 1. The SMILES string of the molecule is O=C(Nc1nnc(Nc2ccccc2)s1)c1ccc(OC2CCC(C(=O)O)CC2)cc1. The molecule has 1 aliphatic carbocycles. The van der Waals surface area contributed by atoms with Crippen molar-refractivity contribution in [2.24, 2.45) is 5.92 Å². The number of hydrogen-bond acceptors (Lipinski definition) is 7. The summed E-state index contributed by atoms with van der Waals surface area (Å²) in [6.45, 7) is 0. The zero-order valence-electron chi connectivity index (χ0n) is 16.7. The minimum Gasteiger partial charge on any atom is -0.490 e. The molecule has 0 radical (unpaired) electrons. The molecule has 0 spiro atoms. The van der Waals surface area contributed by atoms with Crippen LogP contribution in [-0.4, -0.2) is 33.3 Å². The molecule has 0 unspecified atom stereocenters. The summed E-state index contributed by atoms with van der Waals surface area (Å²) in [6.07, 6.45) is 2.70. The highest BCUT2D eigenvalue weighted by atomic mass is 32.1. The molecule has 0 aliphatic heterocycles. The molecule has 4 rings (SSSR count). The van der Waals surface area contributed by atoms with Crippen LogP contribution in [0.1, 0.15) is 36.0 Å². The van der Waals surface area contributed by atoms with Crippen molar-refractivity contribution in [2.45, 2.75) is 31.8 Å². The fraction of sp³-hybridized carbons (Fsp3) is 0.273. The summed E-state index contributed by atoms with van der Waals surface area (Å²) >= 11 is 1.25. The van der Waals surface area contributed by atoms with Crippen molar-refractivity contribution in [2.75, 3.05) is 10.6 Å². The van der Waals surface area contributed by atoms with Gasteiger partial charge in [-0.15, -0.1) is 10.2 Å². The maximum atomic E-state index is 12.5. The standard InChI is InChI=1S/C22H22N4O4S/c27-19(24-22-26-25-21(31-22)23-16-4-2-1-3-5-16)14-6-10-17(11-7-14)30-18-12-8-15(9-13-18)20(28)29/h1-7,10-11,15,18H,8-9,12-13H2,(H,23,25)(H,28,29)(H,24,26,27). The number of ether oxygens (including phenoxy) is 1. The predicted molar refractivity (Wildman–Crippen MR) is 118 cm³/mol. The molecule has 0 bridgehead atoms. The van der Waals surface area contributed by atoms with Gasteiger partial charge in [-0.3, -0.25) is 14.9 Å². The van der Waals surface area contributed by atoms with E-state index in [1.807, 2.05) is 30.3 Å². The highest BCUT2D eigenvalue weighted by Gasteiger charge is 2.26. The number of rotatable bonds is 7. The van der Waals surface area contributed by atoms with Crippen LogP contribution in [0.4, 0.5) is 16.0 Å². The monoisotopic (exact) mass is 438 g/mol. The third kappa shape index (κ3) is 5.58. The van der Waals surface area contributed by atoms with Crippen molar-refractivity contribution >= 4 is 39.2 Å². The average molecular weight is 439 g/mol. The van der Waals surface area contributed by atoms with Crippen LogP contribution in [0.2, 0.25) is 0 Å². The molecule has 0 atom stereocenters. The van der Waals surface area contributed by atoms with Gasteiger partial charge in [0.15, 0.2) is 0 Å². The number of nitrogens with zero attached hydrogens (tertiary/aromatic N) is 2. The number of nitrogens with one attached hydrogen (secondary N) is 2. The van der Waals surface area contributed by atoms with Gasteiger partial charge in [-0.1, -0.05) is 29.5 Å². The Bertz CT molecular complexity index is 1030. The number of carbonyl (C=O) groups is 2. The van der Waals surface area contributed by atoms with Crippen LogP contribution in [0.15, 0.2) is 54.6 Å². The zero-order chi connectivity index (χ0) is 21.6. The van der Waals surface area contributed by atoms with Crippen LogP contribution < -0.4 is 15.4 Å². The van der Waals surface area contributed by atoms with Crippen molar-refractivity contribution in [1.82, 2.24) is 10.2 Å². The molecule has 160 valence electrons. The van der Waals surface area contributed by atoms with Crippen LogP contribution in [-0.2, 0) is 4.79 Å². The van der Waals surface area contributed by atoms with E-state index in [1.54, 1.807) is 24.3 Å². The molecule has 0 saturated heterocycles. The molecule has 1 aromatic heterocycles. The minimum atomic E-state index is -0.729. The van der Waals surface area contributed by atoms with E-state index in [0.717, 1.165) is 18.5 Å². The first-order chi connectivity index (χ1) is 15.1. The van der Waals surface area contributed by atoms with Crippen molar-refractivity contribution in [3.63, 3.8) is 0 Å². The van der Waals surface area contributed by atoms with Gasteiger partial charge < -0.3 is 15.2 Å². The molecule has 1 aliphatic rings. The number of benzene rings is 2. The van der Waals surface area contributed by atoms with Gasteiger partial charge in [0.2, 0.25) is 10.3 Å². The highest BCUT2D eigenvalue weighted by molar-refractivity contribution is 7.19. The Kier molecular flexibility index (Phi) is 6.42. The lowest BCUT2D eigenvalue weighted by molar-refractivity contribution is -0.143. The van der Waals surface area contributed by atoms with E-state index in [2.05, 4.69) is 20.8 Å². The van der Waals surface area contributed by atoms with Crippen LogP contribution in [0.25, 0.3) is 0 Å². The first-order valence-electron chi connectivity index (χ1n) is 10.0. The summed E-state index contributed by atoms with van der Waals surface area (Å²) in [4.78, 5) is 23.5. The van der Waals surface area contributed by atoms with E-state index in [9.17, 15) is 9.59 Å². The van der Waals surface area contributed by atoms with E-state index >= 15 is 0 Å². The number of para-hydroxylation sites is 1. The smallest absolute Gasteiger partial charge is 0.306 e. The number of carboxylic acids is 1. The predicted octanol–water partition coefficient (Wildman–Crippen LogP) is 4.56. The fourth-order valence-electron chi connectivity index (χ4n) is 3.44. The third-order valence-corrected chi connectivity index (χ3v) is 5.87. The largest absolute Gasteiger partial charge is 0.490 e. The van der Waals surface area contributed by atoms with Crippen molar-refractivity contribution in [3.8, 4) is 5.75 Å². The second-order valence-corrected chi connectivity index (χ2v) is 8.29. The van der Waals surface area contributed by atoms with Gasteiger partial charge in [0.1, 0.15) is 5.75 Å². The van der Waals surface area contributed by atoms with E-state index in [0.29, 0.717) is 34.4 Å². The van der Waals surface area contributed by atoms with E-state index in [4.69, 9.17) is 9.84 Å². The van der Waals surface area contributed by atoms with Crippen LogP contribution in [0.5, 0.6) is 5.75 Å². The summed E-state index contributed by atoms with van der Waals surface area (Å²) in [5.41, 5.74) is 1.37. The summed E-state index contributed by atoms with van der Waals surface area (Å²) < 4.78 is 5.94. The summed E-state index contributed by atoms with van der Waals surface area (Å²) in [5.74, 6) is -0.613. The normalized spacial score (nSPS) is 18.2. The second kappa shape index (κ2) is 9.57. The Morgan fingerprint density at radius 3 is 2.29 bits per heavy atom. The molecule has 3 aromatic rings. The van der Waals surface area contributed by atoms with Gasteiger partial charge in [0.05, 0.1) is 12.0 Å². The molecular weight excluding hydrogens is 416 g/mol. The van der Waals surface area contributed by atoms with Crippen molar-refractivity contribution < 1.29 is 19.4 Å². The van der Waals surface area contributed by atoms with Crippen LogP contribution in [0.3, 0.4) is 0 Å². The molecule has 3 N–H and O–H groups in total. The van der Waals surface area contributed by atoms with Crippen LogP contribution in [0, 0.1) is 5.92 Å². The lowest BCUT2D eigenvalue weighted by Crippen LogP contribution is -2.27. The molecule has 2 aromatic carbocycles. The van der Waals surface area contributed by atoms with E-state index < -0.39 is 5.97 Å². The first-order valence-corrected chi connectivity index (χ1v) is 10.8. The Balaban J connectivity index is 1.29. The molecular formula is C22H22N4O4S. The molecule has 8 nitrogen and oxygen atoms in total. The number of hydrogen-bond donors (Lipinski definition) is 3. The molecule has 1 heterocycles. The third-order valence-electron chi connectivity index (χ3n) is 5.11. The quantitative estimate of drug-likeness (QED) is 0.496. The fourth-order valence-corrected chi connectivity index (χ4v) is 4.10. The number of aromatic nitrogens is 2. The summed E-state index contributed by atoms with van der Waals surface area (Å²) in [5, 5.41) is 24.0. The van der Waals surface area contributed by atoms with Gasteiger partial charge in [-0.2, -0.15) is 0 Å². The Morgan fingerprint density at radius 1 is 0.935 bits per heavy atom. The topological polar surface area (TPSA) is 113 Å². The number of anilines is 3. The molecule has 31 heavy (non-hydrogen) atoms. The molecule has 1 fully saturated rings. The Hall–Kier alpha value is -3.46. The summed E-state index contributed by atoms with van der Waals surface area (Å²) in [7, 11) is 0. The molecule has 9 heteroatoms. The highest BCUT2D eigenvalue weighted by Crippen LogP contribution is 2.28. The van der Waals surface area contributed by atoms with Gasteiger partial charge in [0, 0.05) is 11.3 Å². The van der Waals surface area contributed by atoms with Gasteiger partial charge in [0.25, 0.3) is 5.91 Å². The number of carboxylic acid groups (broad SMARTS) is 1. The maximum absolute atomic E-state index is 12.5. The zero-order valence-corrected chi connectivity index (χ0v) is 17.5. The maximum Gasteiger partial charge on any atom is 0.306 e. The number of carbonyl (C=O) groups excluding carboxylic acids is 1. The van der Waals surface area contributed by atoms with Crippen molar-refractivity contribution in [3.05, 3.63) is 60.2 Å². The molecule has 1 saturated carbocycles. The second-order valence-electron chi connectivity index (χ2n) is 7.31. The average Bonchev–Trinajstić information content (AvgIpc) is 3.22. The molecule has 1 amide bonds.